The van der Waals surface area contributed by atoms with Crippen LogP contribution in [0.4, 0.5) is 11.4 Å². The zero-order valence-corrected chi connectivity index (χ0v) is 26.0. The maximum Gasteiger partial charge on any atom is 0.235 e. The van der Waals surface area contributed by atoms with Crippen molar-refractivity contribution in [3.8, 4) is 17.2 Å². The molecule has 0 spiro atoms. The van der Waals surface area contributed by atoms with Crippen LogP contribution in [-0.2, 0) is 14.4 Å². The van der Waals surface area contributed by atoms with E-state index in [1.54, 1.807) is 24.3 Å². The summed E-state index contributed by atoms with van der Waals surface area (Å²) in [6.45, 7) is 9.11. The van der Waals surface area contributed by atoms with Gasteiger partial charge in [0.1, 0.15) is 11.7 Å². The highest BCUT2D eigenvalue weighted by molar-refractivity contribution is 6.10. The molecular weight excluding hydrogens is 548 g/mol. The summed E-state index contributed by atoms with van der Waals surface area (Å²) >= 11 is 0. The van der Waals surface area contributed by atoms with Gasteiger partial charge in [-0.15, -0.1) is 0 Å². The Morgan fingerprint density at radius 2 is 1.30 bits per heavy atom. The SMILES string of the molecule is COc1cc(C2C(C(=O)Nc3cccc(C)c3C)C(=O)CC(C)(O)C2C(=O)Nc2cccc(C)c2C)cc(OC)c1OC. The minimum Gasteiger partial charge on any atom is -0.493 e. The summed E-state index contributed by atoms with van der Waals surface area (Å²) < 4.78 is 16.6. The van der Waals surface area contributed by atoms with E-state index in [1.165, 1.54) is 28.3 Å². The van der Waals surface area contributed by atoms with Crippen LogP contribution in [0.15, 0.2) is 48.5 Å². The Labute approximate surface area is 252 Å². The molecule has 1 saturated carbocycles. The van der Waals surface area contributed by atoms with Crippen LogP contribution >= 0.6 is 0 Å². The van der Waals surface area contributed by atoms with Crippen molar-refractivity contribution in [3.05, 3.63) is 76.3 Å². The Kier molecular flexibility index (Phi) is 9.15. The number of ether oxygens (including phenoxy) is 3. The number of rotatable bonds is 8. The average molecular weight is 589 g/mol. The van der Waals surface area contributed by atoms with Gasteiger partial charge in [0.2, 0.25) is 17.6 Å². The second-order valence-corrected chi connectivity index (χ2v) is 11.4. The first kappa shape index (κ1) is 31.6. The maximum absolute atomic E-state index is 14.2. The van der Waals surface area contributed by atoms with Gasteiger partial charge in [0.05, 0.1) is 32.8 Å². The van der Waals surface area contributed by atoms with E-state index < -0.39 is 41.0 Å². The Balaban J connectivity index is 1.90. The third kappa shape index (κ3) is 6.08. The average Bonchev–Trinajstić information content (AvgIpc) is 2.95. The molecule has 0 bridgehead atoms. The molecule has 43 heavy (non-hydrogen) atoms. The van der Waals surface area contributed by atoms with Gasteiger partial charge in [-0.25, -0.2) is 0 Å². The molecule has 9 nitrogen and oxygen atoms in total. The van der Waals surface area contributed by atoms with Gasteiger partial charge in [0, 0.05) is 23.7 Å². The summed E-state index contributed by atoms with van der Waals surface area (Å²) in [7, 11) is 4.38. The number of Topliss-reactive ketones (excluding diaryl/α,β-unsaturated/α-hetero) is 1. The van der Waals surface area contributed by atoms with E-state index in [2.05, 4.69) is 10.6 Å². The molecule has 0 saturated heterocycles. The molecule has 3 aromatic rings. The fourth-order valence-corrected chi connectivity index (χ4v) is 5.98. The summed E-state index contributed by atoms with van der Waals surface area (Å²) in [5.74, 6) is -4.28. The lowest BCUT2D eigenvalue weighted by Gasteiger charge is -2.44. The van der Waals surface area contributed by atoms with Crippen molar-refractivity contribution in [2.24, 2.45) is 11.8 Å². The van der Waals surface area contributed by atoms with Crippen molar-refractivity contribution in [3.63, 3.8) is 0 Å². The van der Waals surface area contributed by atoms with Gasteiger partial charge in [-0.1, -0.05) is 24.3 Å². The highest BCUT2D eigenvalue weighted by Gasteiger charge is 2.56. The van der Waals surface area contributed by atoms with Gasteiger partial charge in [0.25, 0.3) is 0 Å². The van der Waals surface area contributed by atoms with E-state index in [1.807, 2.05) is 52.0 Å². The van der Waals surface area contributed by atoms with Crippen LogP contribution in [0, 0.1) is 39.5 Å². The van der Waals surface area contributed by atoms with Crippen LogP contribution in [0.5, 0.6) is 17.2 Å². The molecule has 228 valence electrons. The number of aryl methyl sites for hydroxylation is 2. The second-order valence-electron chi connectivity index (χ2n) is 11.4. The molecule has 4 atom stereocenters. The Morgan fingerprint density at radius 3 is 1.77 bits per heavy atom. The van der Waals surface area contributed by atoms with Crippen molar-refractivity contribution in [2.45, 2.75) is 52.6 Å². The van der Waals surface area contributed by atoms with Crippen LogP contribution in [0.2, 0.25) is 0 Å². The predicted octanol–water partition coefficient (Wildman–Crippen LogP) is 5.26. The highest BCUT2D eigenvalue weighted by Crippen LogP contribution is 2.50. The van der Waals surface area contributed by atoms with Crippen LogP contribution in [0.1, 0.15) is 47.1 Å². The topological polar surface area (TPSA) is 123 Å². The largest absolute Gasteiger partial charge is 0.493 e. The quantitative estimate of drug-likeness (QED) is 0.307. The normalized spacial score (nSPS) is 21.6. The first-order valence-electron chi connectivity index (χ1n) is 14.1. The number of amides is 2. The number of aliphatic hydroxyl groups is 1. The summed E-state index contributed by atoms with van der Waals surface area (Å²) in [6, 6.07) is 14.3. The number of hydrogen-bond acceptors (Lipinski definition) is 7. The lowest BCUT2D eigenvalue weighted by atomic mass is 9.61. The number of nitrogens with one attached hydrogen (secondary N) is 2. The molecule has 4 rings (SSSR count). The van der Waals surface area contributed by atoms with Crippen molar-refractivity contribution in [1.29, 1.82) is 0 Å². The highest BCUT2D eigenvalue weighted by atomic mass is 16.5. The molecular formula is C34H40N2O7. The predicted molar refractivity (Wildman–Crippen MR) is 165 cm³/mol. The fraction of sp³-hybridized carbons (Fsp3) is 0.382. The first-order chi connectivity index (χ1) is 20.3. The number of ketones is 1. The molecule has 4 unspecified atom stereocenters. The van der Waals surface area contributed by atoms with Crippen LogP contribution in [-0.4, -0.2) is 49.6 Å². The van der Waals surface area contributed by atoms with E-state index in [0.717, 1.165) is 22.3 Å². The minimum absolute atomic E-state index is 0.289. The number of hydrogen-bond donors (Lipinski definition) is 3. The van der Waals surface area contributed by atoms with E-state index in [-0.39, 0.29) is 17.9 Å². The second kappa shape index (κ2) is 12.5. The van der Waals surface area contributed by atoms with E-state index >= 15 is 0 Å². The fourth-order valence-electron chi connectivity index (χ4n) is 5.98. The van der Waals surface area contributed by atoms with E-state index in [4.69, 9.17) is 14.2 Å². The molecule has 3 aromatic carbocycles. The van der Waals surface area contributed by atoms with Crippen molar-refractivity contribution in [2.75, 3.05) is 32.0 Å². The molecule has 1 aliphatic rings. The monoisotopic (exact) mass is 588 g/mol. The minimum atomic E-state index is -1.78. The number of benzene rings is 3. The standard InChI is InChI=1S/C34H40N2O7/c1-18-11-9-13-23(20(18)3)35-32(38)29-25(37)17-34(5,40)30(33(39)36-24-14-10-12-19(2)21(24)4)28(29)22-15-26(41-6)31(43-8)27(16-22)42-7/h9-16,28-30,40H,17H2,1-8H3,(H,35,38)(H,36,39). The van der Waals surface area contributed by atoms with Gasteiger partial charge in [-0.3, -0.25) is 14.4 Å². The van der Waals surface area contributed by atoms with Crippen molar-refractivity contribution < 1.29 is 33.7 Å². The van der Waals surface area contributed by atoms with E-state index in [9.17, 15) is 19.5 Å². The molecule has 1 aliphatic carbocycles. The van der Waals surface area contributed by atoms with Crippen molar-refractivity contribution in [1.82, 2.24) is 0 Å². The summed E-state index contributed by atoms with van der Waals surface area (Å²) in [5, 5.41) is 17.6. The zero-order valence-electron chi connectivity index (χ0n) is 26.0. The first-order valence-corrected chi connectivity index (χ1v) is 14.1. The third-order valence-corrected chi connectivity index (χ3v) is 8.63. The number of methoxy groups -OCH3 is 3. The summed E-state index contributed by atoms with van der Waals surface area (Å²) in [6.07, 6.45) is -0.385. The zero-order chi connectivity index (χ0) is 31.6. The Bertz CT molecular complexity index is 1540. The van der Waals surface area contributed by atoms with Crippen LogP contribution < -0.4 is 24.8 Å². The van der Waals surface area contributed by atoms with Gasteiger partial charge in [-0.05, 0) is 86.7 Å². The van der Waals surface area contributed by atoms with Gasteiger partial charge in [-0.2, -0.15) is 0 Å². The lowest BCUT2D eigenvalue weighted by Crippen LogP contribution is -2.56. The molecule has 9 heteroatoms. The molecule has 0 aromatic heterocycles. The summed E-state index contributed by atoms with van der Waals surface area (Å²) in [4.78, 5) is 42.0. The maximum atomic E-state index is 14.2. The lowest BCUT2D eigenvalue weighted by molar-refractivity contribution is -0.150. The van der Waals surface area contributed by atoms with Gasteiger partial charge < -0.3 is 30.0 Å². The number of carbonyl (C=O) groups excluding carboxylic acids is 3. The number of carbonyl (C=O) groups is 3. The smallest absolute Gasteiger partial charge is 0.235 e. The van der Waals surface area contributed by atoms with Crippen molar-refractivity contribution >= 4 is 29.0 Å². The molecule has 0 aliphatic heterocycles. The Hall–Kier alpha value is -4.37. The Morgan fingerprint density at radius 1 is 0.814 bits per heavy atom. The number of anilines is 2. The van der Waals surface area contributed by atoms with Gasteiger partial charge in [0.15, 0.2) is 11.5 Å². The molecule has 1 fully saturated rings. The van der Waals surface area contributed by atoms with Crippen LogP contribution in [0.25, 0.3) is 0 Å². The van der Waals surface area contributed by atoms with Crippen LogP contribution in [0.3, 0.4) is 0 Å². The molecule has 0 radical (unpaired) electrons. The van der Waals surface area contributed by atoms with E-state index in [0.29, 0.717) is 22.7 Å². The van der Waals surface area contributed by atoms with Gasteiger partial charge >= 0.3 is 0 Å². The molecule has 2 amide bonds. The summed E-state index contributed by atoms with van der Waals surface area (Å²) in [5.41, 5.74) is 3.46. The third-order valence-electron chi connectivity index (χ3n) is 8.63. The molecule has 3 N–H and O–H groups in total. The molecule has 0 heterocycles.